The van der Waals surface area contributed by atoms with E-state index in [2.05, 4.69) is 11.6 Å². The van der Waals surface area contributed by atoms with Crippen molar-refractivity contribution in [3.05, 3.63) is 12.2 Å². The first kappa shape index (κ1) is 7.94. The number of aliphatic imine (C=N–C) groups is 1. The van der Waals surface area contributed by atoms with Gasteiger partial charge >= 0.3 is 0 Å². The summed E-state index contributed by atoms with van der Waals surface area (Å²) < 4.78 is 0. The van der Waals surface area contributed by atoms with Crippen LogP contribution in [0.25, 0.3) is 0 Å². The van der Waals surface area contributed by atoms with Crippen LogP contribution in [0, 0.1) is 0 Å². The molecule has 0 aliphatic carbocycles. The Kier molecular flexibility index (Phi) is 2.38. The second-order valence-electron chi connectivity index (χ2n) is 2.27. The summed E-state index contributed by atoms with van der Waals surface area (Å²) in [6.07, 6.45) is 0.701. The summed E-state index contributed by atoms with van der Waals surface area (Å²) in [6.45, 7) is 4.62. The number of aliphatic hydroxyl groups excluding tert-OH is 1. The molecule has 1 aliphatic heterocycles. The van der Waals surface area contributed by atoms with Gasteiger partial charge in [0.15, 0.2) is 0 Å². The van der Waals surface area contributed by atoms with Crippen LogP contribution in [0.5, 0.6) is 0 Å². The van der Waals surface area contributed by atoms with E-state index in [9.17, 15) is 4.79 Å². The summed E-state index contributed by atoms with van der Waals surface area (Å²) in [5.41, 5.74) is 0.495. The maximum Gasteiger partial charge on any atom is 0.215 e. The molecule has 0 aromatic carbocycles. The van der Waals surface area contributed by atoms with Crippen LogP contribution in [0.3, 0.4) is 0 Å². The average molecular weight is 154 g/mol. The normalized spacial score (nSPS) is 16.5. The van der Waals surface area contributed by atoms with E-state index in [1.54, 1.807) is 0 Å². The summed E-state index contributed by atoms with van der Waals surface area (Å²) in [6, 6.07) is 0. The molecular weight excluding hydrogens is 144 g/mol. The van der Waals surface area contributed by atoms with Gasteiger partial charge in [-0.2, -0.15) is 0 Å². The predicted octanol–water partition coefficient (Wildman–Crippen LogP) is -0.595. The quantitative estimate of drug-likeness (QED) is 0.552. The van der Waals surface area contributed by atoms with Gasteiger partial charge in [0.25, 0.3) is 0 Å². The Balaban J connectivity index is 2.70. The zero-order valence-corrected chi connectivity index (χ0v) is 6.16. The Labute approximate surface area is 64.8 Å². The van der Waals surface area contributed by atoms with Crippen molar-refractivity contribution in [3.63, 3.8) is 0 Å². The highest BCUT2D eigenvalue weighted by atomic mass is 16.3. The van der Waals surface area contributed by atoms with Gasteiger partial charge in [0.05, 0.1) is 13.2 Å². The Morgan fingerprint density at radius 3 is 3.18 bits per heavy atom. The van der Waals surface area contributed by atoms with E-state index in [4.69, 9.17) is 5.11 Å². The van der Waals surface area contributed by atoms with Crippen molar-refractivity contribution in [2.75, 3.05) is 19.7 Å². The third-order valence-electron chi connectivity index (χ3n) is 1.51. The lowest BCUT2D eigenvalue weighted by Gasteiger charge is -2.11. The lowest BCUT2D eigenvalue weighted by atomic mass is 10.3. The SMILES string of the molecule is C=C(CO)C1=NCCN1C=O. The number of hydrogen-bond donors (Lipinski definition) is 1. The molecule has 11 heavy (non-hydrogen) atoms. The maximum atomic E-state index is 10.4. The fraction of sp³-hybridized carbons (Fsp3) is 0.429. The molecule has 0 bridgehead atoms. The summed E-state index contributed by atoms with van der Waals surface area (Å²) in [5, 5.41) is 8.69. The third-order valence-corrected chi connectivity index (χ3v) is 1.51. The molecular formula is C7H10N2O2. The Morgan fingerprint density at radius 1 is 1.91 bits per heavy atom. The molecule has 0 atom stereocenters. The van der Waals surface area contributed by atoms with Crippen LogP contribution < -0.4 is 0 Å². The third kappa shape index (κ3) is 1.46. The van der Waals surface area contributed by atoms with E-state index in [-0.39, 0.29) is 6.61 Å². The highest BCUT2D eigenvalue weighted by Crippen LogP contribution is 2.05. The van der Waals surface area contributed by atoms with Crippen LogP contribution in [0.15, 0.2) is 17.1 Å². The van der Waals surface area contributed by atoms with E-state index in [1.165, 1.54) is 4.90 Å². The van der Waals surface area contributed by atoms with Gasteiger partial charge in [-0.1, -0.05) is 6.58 Å². The minimum Gasteiger partial charge on any atom is -0.392 e. The molecule has 1 N–H and O–H groups in total. The maximum absolute atomic E-state index is 10.4. The van der Waals surface area contributed by atoms with Crippen molar-refractivity contribution in [2.45, 2.75) is 0 Å². The van der Waals surface area contributed by atoms with Gasteiger partial charge in [-0.25, -0.2) is 0 Å². The van der Waals surface area contributed by atoms with Gasteiger partial charge in [0.1, 0.15) is 5.84 Å². The zero-order valence-electron chi connectivity index (χ0n) is 6.16. The first-order valence-electron chi connectivity index (χ1n) is 3.35. The number of amidine groups is 1. The van der Waals surface area contributed by atoms with Gasteiger partial charge < -0.3 is 5.11 Å². The lowest BCUT2D eigenvalue weighted by Crippen LogP contribution is -2.28. The summed E-state index contributed by atoms with van der Waals surface area (Å²) in [5.74, 6) is 0.516. The summed E-state index contributed by atoms with van der Waals surface area (Å²) in [4.78, 5) is 15.8. The minimum atomic E-state index is -0.150. The number of aliphatic hydroxyl groups is 1. The highest BCUT2D eigenvalue weighted by molar-refractivity contribution is 6.04. The molecule has 1 amide bonds. The van der Waals surface area contributed by atoms with E-state index in [0.29, 0.717) is 30.9 Å². The molecule has 0 aromatic heterocycles. The number of carbonyl (C=O) groups is 1. The van der Waals surface area contributed by atoms with Gasteiger partial charge in [-0.3, -0.25) is 14.7 Å². The van der Waals surface area contributed by atoms with Crippen molar-refractivity contribution in [3.8, 4) is 0 Å². The predicted molar refractivity (Wildman–Crippen MR) is 41.3 cm³/mol. The van der Waals surface area contributed by atoms with E-state index in [1.807, 2.05) is 0 Å². The first-order chi connectivity index (χ1) is 5.29. The number of amides is 1. The Bertz CT molecular complexity index is 210. The van der Waals surface area contributed by atoms with Crippen molar-refractivity contribution < 1.29 is 9.90 Å². The molecule has 0 spiro atoms. The second-order valence-corrected chi connectivity index (χ2v) is 2.27. The molecule has 1 rings (SSSR count). The smallest absolute Gasteiger partial charge is 0.215 e. The number of rotatable bonds is 3. The van der Waals surface area contributed by atoms with Gasteiger partial charge in [-0.15, -0.1) is 0 Å². The molecule has 0 aromatic rings. The van der Waals surface area contributed by atoms with Crippen molar-refractivity contribution in [2.24, 2.45) is 4.99 Å². The van der Waals surface area contributed by atoms with Crippen LogP contribution in [0.2, 0.25) is 0 Å². The van der Waals surface area contributed by atoms with Crippen molar-refractivity contribution in [1.82, 2.24) is 4.90 Å². The van der Waals surface area contributed by atoms with Gasteiger partial charge in [-0.05, 0) is 0 Å². The van der Waals surface area contributed by atoms with Crippen LogP contribution in [-0.2, 0) is 4.79 Å². The van der Waals surface area contributed by atoms with Gasteiger partial charge in [0, 0.05) is 12.1 Å². The van der Waals surface area contributed by atoms with Crippen LogP contribution >= 0.6 is 0 Å². The zero-order chi connectivity index (χ0) is 8.27. The molecule has 1 aliphatic rings. The largest absolute Gasteiger partial charge is 0.392 e. The summed E-state index contributed by atoms with van der Waals surface area (Å²) in [7, 11) is 0. The number of hydrogen-bond acceptors (Lipinski definition) is 3. The van der Waals surface area contributed by atoms with E-state index >= 15 is 0 Å². The molecule has 1 heterocycles. The van der Waals surface area contributed by atoms with Crippen molar-refractivity contribution in [1.29, 1.82) is 0 Å². The fourth-order valence-corrected chi connectivity index (χ4v) is 0.949. The van der Waals surface area contributed by atoms with Crippen molar-refractivity contribution >= 4 is 12.2 Å². The summed E-state index contributed by atoms with van der Waals surface area (Å²) >= 11 is 0. The van der Waals surface area contributed by atoms with Crippen LogP contribution in [0.1, 0.15) is 0 Å². The number of nitrogens with zero attached hydrogens (tertiary/aromatic N) is 2. The van der Waals surface area contributed by atoms with Crippen LogP contribution in [0.4, 0.5) is 0 Å². The molecule has 4 heteroatoms. The van der Waals surface area contributed by atoms with Gasteiger partial charge in [0.2, 0.25) is 6.41 Å². The fourth-order valence-electron chi connectivity index (χ4n) is 0.949. The first-order valence-corrected chi connectivity index (χ1v) is 3.35. The molecule has 0 fully saturated rings. The molecule has 0 unspecified atom stereocenters. The second kappa shape index (κ2) is 3.30. The topological polar surface area (TPSA) is 52.9 Å². The molecule has 0 radical (unpaired) electrons. The lowest BCUT2D eigenvalue weighted by molar-refractivity contribution is -0.114. The molecule has 0 saturated carbocycles. The van der Waals surface area contributed by atoms with E-state index in [0.717, 1.165) is 0 Å². The monoisotopic (exact) mass is 154 g/mol. The van der Waals surface area contributed by atoms with Crippen LogP contribution in [-0.4, -0.2) is 41.9 Å². The standard InChI is InChI=1S/C7H10N2O2/c1-6(4-10)7-8-2-3-9(7)5-11/h5,10H,1-4H2. The Hall–Kier alpha value is -1.16. The molecule has 60 valence electrons. The highest BCUT2D eigenvalue weighted by Gasteiger charge is 2.17. The Morgan fingerprint density at radius 2 is 2.64 bits per heavy atom. The average Bonchev–Trinajstić information content (AvgIpc) is 2.50. The minimum absolute atomic E-state index is 0.150. The molecule has 0 saturated heterocycles. The van der Waals surface area contributed by atoms with E-state index < -0.39 is 0 Å². The number of carbonyl (C=O) groups excluding carboxylic acids is 1. The molecule has 4 nitrogen and oxygen atoms in total.